The van der Waals surface area contributed by atoms with Gasteiger partial charge < -0.3 is 20.9 Å². The molecule has 4 heterocycles. The van der Waals surface area contributed by atoms with E-state index in [2.05, 4.69) is 39.6 Å². The van der Waals surface area contributed by atoms with Crippen LogP contribution >= 0.6 is 0 Å². The molecule has 3 aromatic rings. The fraction of sp³-hybridized carbons (Fsp3) is 0.432. The average molecular weight is 676 g/mol. The van der Waals surface area contributed by atoms with Gasteiger partial charge in [0.2, 0.25) is 11.8 Å². The number of piperidine rings is 1. The lowest BCUT2D eigenvalue weighted by molar-refractivity contribution is -0.136. The van der Waals surface area contributed by atoms with Gasteiger partial charge in [0.05, 0.1) is 40.3 Å². The highest BCUT2D eigenvalue weighted by atomic mass is 16.2. The number of benzene rings is 2. The van der Waals surface area contributed by atoms with Crippen molar-refractivity contribution in [3.63, 3.8) is 0 Å². The van der Waals surface area contributed by atoms with Crippen LogP contribution in [-0.2, 0) is 9.59 Å². The molecule has 3 aliphatic heterocycles. The second-order valence-electron chi connectivity index (χ2n) is 14.2. The Morgan fingerprint density at radius 3 is 2.56 bits per heavy atom. The van der Waals surface area contributed by atoms with Crippen molar-refractivity contribution in [1.29, 1.82) is 0 Å². The van der Waals surface area contributed by atoms with Gasteiger partial charge in [-0.1, -0.05) is 6.07 Å². The molecule has 1 atom stereocenters. The molecule has 8 rings (SSSR count). The Morgan fingerprint density at radius 1 is 1.02 bits per heavy atom. The van der Waals surface area contributed by atoms with E-state index >= 15 is 0 Å². The van der Waals surface area contributed by atoms with Crippen LogP contribution in [0.2, 0.25) is 0 Å². The lowest BCUT2D eigenvalue weighted by atomic mass is 9.80. The van der Waals surface area contributed by atoms with Crippen molar-refractivity contribution in [2.24, 2.45) is 22.6 Å². The van der Waals surface area contributed by atoms with Gasteiger partial charge in [-0.25, -0.2) is 4.98 Å². The number of nitrogens with one attached hydrogen (secondary N) is 2. The Balaban J connectivity index is 0.901. The molecule has 4 amide bonds. The fourth-order valence-electron chi connectivity index (χ4n) is 7.37. The van der Waals surface area contributed by atoms with Gasteiger partial charge in [-0.05, 0) is 81.3 Å². The minimum atomic E-state index is -0.979. The van der Waals surface area contributed by atoms with Crippen molar-refractivity contribution in [3.8, 4) is 0 Å². The maximum Gasteiger partial charge on any atom is 0.262 e. The molecule has 1 aromatic heterocycles. The number of aliphatic imine (C=N–C) groups is 1. The summed E-state index contributed by atoms with van der Waals surface area (Å²) in [5.74, 6) is -1.28. The molecule has 2 saturated carbocycles. The van der Waals surface area contributed by atoms with Crippen LogP contribution in [0.4, 0.5) is 11.4 Å². The lowest BCUT2D eigenvalue weighted by Crippen LogP contribution is -2.54. The molecule has 0 bridgehead atoms. The van der Waals surface area contributed by atoms with Crippen molar-refractivity contribution < 1.29 is 19.2 Å². The van der Waals surface area contributed by atoms with E-state index in [-0.39, 0.29) is 30.0 Å². The van der Waals surface area contributed by atoms with E-state index in [9.17, 15) is 19.2 Å². The minimum absolute atomic E-state index is 0.0876. The zero-order chi connectivity index (χ0) is 34.5. The van der Waals surface area contributed by atoms with Crippen LogP contribution in [0.25, 0.3) is 16.6 Å². The van der Waals surface area contributed by atoms with Gasteiger partial charge in [0, 0.05) is 62.3 Å². The smallest absolute Gasteiger partial charge is 0.262 e. The standard InChI is InChI=1S/C37H41N9O4/c1-44-11-13-45(14-12-44)30-4-2-3-28-34(30)41-20-29(42-28)27(33(38)22-5-6-22)19-40-24-15-21(16-24)18-39-23-7-8-25-26(17-23)37(50)46(36(25)49)31-9-10-32(47)43-35(31)48/h2-4,7-8,17,19-22,24,31,39H,5-6,9-16,18,38H2,1H3,(H,43,47,48). The summed E-state index contributed by atoms with van der Waals surface area (Å²) < 4.78 is 0. The van der Waals surface area contributed by atoms with Crippen LogP contribution in [0.5, 0.6) is 0 Å². The molecule has 4 N–H and O–H groups in total. The molecule has 50 heavy (non-hydrogen) atoms. The molecule has 1 unspecified atom stereocenters. The molecule has 13 heteroatoms. The van der Waals surface area contributed by atoms with Crippen LogP contribution in [0.3, 0.4) is 0 Å². The van der Waals surface area contributed by atoms with Crippen LogP contribution in [-0.4, -0.2) is 101 Å². The van der Waals surface area contributed by atoms with Gasteiger partial charge in [0.25, 0.3) is 11.8 Å². The normalized spacial score (nSPS) is 24.8. The Kier molecular flexibility index (Phi) is 8.30. The number of para-hydroxylation sites is 1. The molecule has 258 valence electrons. The summed E-state index contributed by atoms with van der Waals surface area (Å²) >= 11 is 0. The SMILES string of the molecule is CN1CCN(c2cccc3nc(C(C=NC4CC(CNc5ccc6c(c5)C(=O)N(C5CCC(=O)NC5=O)C6=O)C4)=C(N)C4CC4)cnc23)CC1. The fourth-order valence-corrected chi connectivity index (χ4v) is 7.37. The zero-order valence-corrected chi connectivity index (χ0v) is 28.1. The van der Waals surface area contributed by atoms with E-state index in [1.54, 1.807) is 18.2 Å². The first-order valence-corrected chi connectivity index (χ1v) is 17.6. The van der Waals surface area contributed by atoms with E-state index in [1.165, 1.54) is 0 Å². The van der Waals surface area contributed by atoms with E-state index in [0.29, 0.717) is 18.4 Å². The molecule has 2 saturated heterocycles. The average Bonchev–Trinajstić information content (AvgIpc) is 3.92. The number of carbonyl (C=O) groups is 4. The number of likely N-dealkylation sites (N-methyl/N-ethyl adjacent to an activating group) is 1. The largest absolute Gasteiger partial charge is 0.401 e. The number of nitrogens with two attached hydrogens (primary N) is 1. The first-order chi connectivity index (χ1) is 24.2. The van der Waals surface area contributed by atoms with Crippen molar-refractivity contribution >= 4 is 57.8 Å². The third-order valence-corrected chi connectivity index (χ3v) is 10.7. The number of piperazine rings is 1. The van der Waals surface area contributed by atoms with Gasteiger partial charge in [0.1, 0.15) is 11.6 Å². The van der Waals surface area contributed by atoms with E-state index in [4.69, 9.17) is 20.7 Å². The minimum Gasteiger partial charge on any atom is -0.401 e. The molecule has 2 aliphatic carbocycles. The summed E-state index contributed by atoms with van der Waals surface area (Å²) in [6.07, 6.45) is 7.92. The Hall–Kier alpha value is -5.17. The van der Waals surface area contributed by atoms with Crippen LogP contribution < -0.4 is 21.3 Å². The van der Waals surface area contributed by atoms with Crippen molar-refractivity contribution in [2.75, 3.05) is 50.0 Å². The van der Waals surface area contributed by atoms with Crippen molar-refractivity contribution in [3.05, 3.63) is 65.1 Å². The predicted molar refractivity (Wildman–Crippen MR) is 190 cm³/mol. The quantitative estimate of drug-likeness (QED) is 0.227. The number of allylic oxidation sites excluding steroid dienone is 2. The van der Waals surface area contributed by atoms with E-state index < -0.39 is 29.7 Å². The number of aromatic nitrogens is 2. The highest BCUT2D eigenvalue weighted by Gasteiger charge is 2.44. The Labute approximate surface area is 290 Å². The number of amides is 4. The number of anilines is 2. The summed E-state index contributed by atoms with van der Waals surface area (Å²) in [6, 6.07) is 10.5. The molecule has 13 nitrogen and oxygen atoms in total. The monoisotopic (exact) mass is 675 g/mol. The van der Waals surface area contributed by atoms with Crippen molar-refractivity contribution in [1.82, 2.24) is 25.1 Å². The number of rotatable bonds is 9. The van der Waals surface area contributed by atoms with Gasteiger partial charge in [-0.15, -0.1) is 0 Å². The third kappa shape index (κ3) is 6.10. The molecule has 0 radical (unpaired) electrons. The topological polar surface area (TPSA) is 166 Å². The van der Waals surface area contributed by atoms with Gasteiger partial charge >= 0.3 is 0 Å². The van der Waals surface area contributed by atoms with Crippen LogP contribution in [0, 0.1) is 11.8 Å². The molecule has 5 aliphatic rings. The van der Waals surface area contributed by atoms with Crippen molar-refractivity contribution in [2.45, 2.75) is 50.6 Å². The number of hydrogen-bond acceptors (Lipinski definition) is 11. The van der Waals surface area contributed by atoms with Crippen LogP contribution in [0.1, 0.15) is 64.9 Å². The summed E-state index contributed by atoms with van der Waals surface area (Å²) in [4.78, 5) is 70.7. The molecular weight excluding hydrogens is 634 g/mol. The predicted octanol–water partition coefficient (Wildman–Crippen LogP) is 2.82. The van der Waals surface area contributed by atoms with Crippen LogP contribution in [0.15, 0.2) is 53.3 Å². The number of imide groups is 2. The van der Waals surface area contributed by atoms with Gasteiger partial charge in [-0.3, -0.25) is 39.4 Å². The molecule has 0 spiro atoms. The number of carbonyl (C=O) groups excluding carboxylic acids is 4. The summed E-state index contributed by atoms with van der Waals surface area (Å²) in [7, 11) is 2.15. The number of hydrogen-bond donors (Lipinski definition) is 3. The molecule has 2 aromatic carbocycles. The second-order valence-corrected chi connectivity index (χ2v) is 14.2. The Morgan fingerprint density at radius 2 is 1.80 bits per heavy atom. The third-order valence-electron chi connectivity index (χ3n) is 10.7. The summed E-state index contributed by atoms with van der Waals surface area (Å²) in [5, 5.41) is 5.64. The first-order valence-electron chi connectivity index (χ1n) is 17.6. The Bertz CT molecular complexity index is 1960. The van der Waals surface area contributed by atoms with E-state index in [0.717, 1.165) is 96.1 Å². The van der Waals surface area contributed by atoms with Gasteiger partial charge in [-0.2, -0.15) is 0 Å². The second kappa shape index (κ2) is 12.9. The number of fused-ring (bicyclic) bond motifs is 2. The van der Waals surface area contributed by atoms with Gasteiger partial charge in [0.15, 0.2) is 0 Å². The maximum absolute atomic E-state index is 13.2. The molecule has 4 fully saturated rings. The summed E-state index contributed by atoms with van der Waals surface area (Å²) in [6.45, 7) is 4.66. The zero-order valence-electron chi connectivity index (χ0n) is 28.1. The molecular formula is C37H41N9O4. The summed E-state index contributed by atoms with van der Waals surface area (Å²) in [5.41, 5.74) is 13.3. The highest BCUT2D eigenvalue weighted by Crippen LogP contribution is 2.38. The number of nitrogens with zero attached hydrogens (tertiary/aromatic N) is 6. The first kappa shape index (κ1) is 32.1. The lowest BCUT2D eigenvalue weighted by Gasteiger charge is -2.34. The maximum atomic E-state index is 13.2. The van der Waals surface area contributed by atoms with E-state index in [1.807, 2.05) is 18.5 Å². The highest BCUT2D eigenvalue weighted by molar-refractivity contribution is 6.23.